The number of aromatic carboxylic acids is 1. The van der Waals surface area contributed by atoms with E-state index in [1.54, 1.807) is 24.1 Å². The standard InChI is InChI=1S/C10H10N4O2/c1-14-6-8(5-12-14)13-9-4-7(10(15)16)2-3-11-9/h2-6H,1H3,(H,11,13)(H,15,16). The molecule has 0 aliphatic heterocycles. The van der Waals surface area contributed by atoms with E-state index in [9.17, 15) is 4.79 Å². The first-order valence-corrected chi connectivity index (χ1v) is 4.60. The molecule has 2 aromatic rings. The van der Waals surface area contributed by atoms with Crippen LogP contribution in [-0.4, -0.2) is 25.8 Å². The summed E-state index contributed by atoms with van der Waals surface area (Å²) in [7, 11) is 1.80. The van der Waals surface area contributed by atoms with Gasteiger partial charge in [0.2, 0.25) is 0 Å². The van der Waals surface area contributed by atoms with Crippen molar-refractivity contribution in [1.82, 2.24) is 14.8 Å². The van der Waals surface area contributed by atoms with Gasteiger partial charge in [0.05, 0.1) is 17.4 Å². The van der Waals surface area contributed by atoms with Crippen molar-refractivity contribution in [2.75, 3.05) is 5.32 Å². The van der Waals surface area contributed by atoms with Gasteiger partial charge >= 0.3 is 5.97 Å². The third-order valence-electron chi connectivity index (χ3n) is 1.98. The van der Waals surface area contributed by atoms with E-state index in [-0.39, 0.29) is 5.56 Å². The van der Waals surface area contributed by atoms with Gasteiger partial charge in [-0.15, -0.1) is 0 Å². The van der Waals surface area contributed by atoms with Gasteiger partial charge in [-0.3, -0.25) is 4.68 Å². The van der Waals surface area contributed by atoms with Crippen LogP contribution in [0.25, 0.3) is 0 Å². The summed E-state index contributed by atoms with van der Waals surface area (Å²) in [6, 6.07) is 2.91. The number of nitrogens with zero attached hydrogens (tertiary/aromatic N) is 3. The maximum Gasteiger partial charge on any atom is 0.335 e. The molecule has 0 unspecified atom stereocenters. The van der Waals surface area contributed by atoms with E-state index in [1.807, 2.05) is 0 Å². The lowest BCUT2D eigenvalue weighted by atomic mass is 10.2. The highest BCUT2D eigenvalue weighted by molar-refractivity contribution is 5.88. The van der Waals surface area contributed by atoms with Crippen LogP contribution in [0, 0.1) is 0 Å². The van der Waals surface area contributed by atoms with Gasteiger partial charge < -0.3 is 10.4 Å². The smallest absolute Gasteiger partial charge is 0.335 e. The summed E-state index contributed by atoms with van der Waals surface area (Å²) in [6.45, 7) is 0. The third-order valence-corrected chi connectivity index (χ3v) is 1.98. The number of anilines is 2. The minimum absolute atomic E-state index is 0.196. The topological polar surface area (TPSA) is 80.0 Å². The maximum atomic E-state index is 10.7. The predicted octanol–water partition coefficient (Wildman–Crippen LogP) is 1.26. The molecule has 6 heteroatoms. The molecule has 2 rings (SSSR count). The van der Waals surface area contributed by atoms with Crippen LogP contribution in [0.3, 0.4) is 0 Å². The molecule has 0 atom stereocenters. The molecular weight excluding hydrogens is 208 g/mol. The van der Waals surface area contributed by atoms with Gasteiger partial charge in [-0.1, -0.05) is 0 Å². The fourth-order valence-electron chi connectivity index (χ4n) is 1.27. The average Bonchev–Trinajstić information content (AvgIpc) is 2.64. The molecule has 0 aliphatic rings. The van der Waals surface area contributed by atoms with Crippen LogP contribution in [0.1, 0.15) is 10.4 Å². The summed E-state index contributed by atoms with van der Waals surface area (Å²) in [6.07, 6.45) is 4.85. The fraction of sp³-hybridized carbons (Fsp3) is 0.100. The Balaban J connectivity index is 2.21. The molecule has 0 aliphatic carbocycles. The second-order valence-corrected chi connectivity index (χ2v) is 3.26. The van der Waals surface area contributed by atoms with E-state index in [2.05, 4.69) is 15.4 Å². The van der Waals surface area contributed by atoms with Crippen LogP contribution in [0.4, 0.5) is 11.5 Å². The van der Waals surface area contributed by atoms with Crippen molar-refractivity contribution in [3.63, 3.8) is 0 Å². The summed E-state index contributed by atoms with van der Waals surface area (Å²) in [4.78, 5) is 14.8. The molecule has 0 bridgehead atoms. The minimum atomic E-state index is -0.975. The Morgan fingerprint density at radius 3 is 3.00 bits per heavy atom. The number of carboxylic acids is 1. The first-order valence-electron chi connectivity index (χ1n) is 4.60. The highest BCUT2D eigenvalue weighted by atomic mass is 16.4. The van der Waals surface area contributed by atoms with Gasteiger partial charge in [0, 0.05) is 19.4 Å². The number of nitrogens with one attached hydrogen (secondary N) is 1. The van der Waals surface area contributed by atoms with Crippen molar-refractivity contribution in [3.8, 4) is 0 Å². The van der Waals surface area contributed by atoms with Gasteiger partial charge in [-0.05, 0) is 12.1 Å². The molecule has 0 fully saturated rings. The van der Waals surface area contributed by atoms with Crippen LogP contribution < -0.4 is 5.32 Å². The van der Waals surface area contributed by atoms with Gasteiger partial charge in [0.1, 0.15) is 5.82 Å². The van der Waals surface area contributed by atoms with E-state index in [4.69, 9.17) is 5.11 Å². The molecule has 82 valence electrons. The molecule has 6 nitrogen and oxygen atoms in total. The zero-order valence-corrected chi connectivity index (χ0v) is 8.58. The molecule has 2 heterocycles. The van der Waals surface area contributed by atoms with Crippen LogP contribution in [0.15, 0.2) is 30.7 Å². The van der Waals surface area contributed by atoms with Gasteiger partial charge in [-0.2, -0.15) is 5.10 Å². The summed E-state index contributed by atoms with van der Waals surface area (Å²) < 4.78 is 1.64. The van der Waals surface area contributed by atoms with E-state index >= 15 is 0 Å². The first-order chi connectivity index (χ1) is 7.65. The Labute approximate surface area is 91.6 Å². The van der Waals surface area contributed by atoms with Gasteiger partial charge in [-0.25, -0.2) is 9.78 Å². The predicted molar refractivity (Wildman–Crippen MR) is 57.7 cm³/mol. The minimum Gasteiger partial charge on any atom is -0.478 e. The Bertz CT molecular complexity index is 521. The van der Waals surface area contributed by atoms with Crippen LogP contribution in [0.2, 0.25) is 0 Å². The Hall–Kier alpha value is -2.37. The molecule has 0 radical (unpaired) electrons. The summed E-state index contributed by atoms with van der Waals surface area (Å²) in [5, 5.41) is 15.8. The molecule has 0 amide bonds. The molecule has 0 saturated carbocycles. The quantitative estimate of drug-likeness (QED) is 0.810. The monoisotopic (exact) mass is 218 g/mol. The molecule has 16 heavy (non-hydrogen) atoms. The van der Waals surface area contributed by atoms with Crippen molar-refractivity contribution >= 4 is 17.5 Å². The second-order valence-electron chi connectivity index (χ2n) is 3.26. The van der Waals surface area contributed by atoms with E-state index in [1.165, 1.54) is 18.3 Å². The van der Waals surface area contributed by atoms with E-state index < -0.39 is 5.97 Å². The highest BCUT2D eigenvalue weighted by Gasteiger charge is 2.04. The molecule has 0 spiro atoms. The van der Waals surface area contributed by atoms with E-state index in [0.717, 1.165) is 5.69 Å². The SMILES string of the molecule is Cn1cc(Nc2cc(C(=O)O)ccn2)cn1. The Morgan fingerprint density at radius 1 is 1.56 bits per heavy atom. The number of carbonyl (C=O) groups is 1. The van der Waals surface area contributed by atoms with Gasteiger partial charge in [0.15, 0.2) is 0 Å². The number of aromatic nitrogens is 3. The van der Waals surface area contributed by atoms with Crippen LogP contribution in [0.5, 0.6) is 0 Å². The molecule has 2 aromatic heterocycles. The maximum absolute atomic E-state index is 10.7. The number of aryl methyl sites for hydroxylation is 1. The summed E-state index contributed by atoms with van der Waals surface area (Å²) >= 11 is 0. The zero-order valence-electron chi connectivity index (χ0n) is 8.58. The van der Waals surface area contributed by atoms with Crippen molar-refractivity contribution in [3.05, 3.63) is 36.3 Å². The molecular formula is C10H10N4O2. The van der Waals surface area contributed by atoms with Crippen molar-refractivity contribution in [1.29, 1.82) is 0 Å². The molecule has 2 N–H and O–H groups in total. The number of hydrogen-bond acceptors (Lipinski definition) is 4. The normalized spacial score (nSPS) is 10.1. The number of rotatable bonds is 3. The van der Waals surface area contributed by atoms with Crippen LogP contribution >= 0.6 is 0 Å². The van der Waals surface area contributed by atoms with E-state index in [0.29, 0.717) is 5.82 Å². The lowest BCUT2D eigenvalue weighted by Gasteiger charge is -2.02. The number of carboxylic acid groups (broad SMARTS) is 1. The largest absolute Gasteiger partial charge is 0.478 e. The second kappa shape index (κ2) is 4.01. The fourth-order valence-corrected chi connectivity index (χ4v) is 1.27. The lowest BCUT2D eigenvalue weighted by molar-refractivity contribution is 0.0697. The number of pyridine rings is 1. The third kappa shape index (κ3) is 2.17. The van der Waals surface area contributed by atoms with Crippen LogP contribution in [-0.2, 0) is 7.05 Å². The van der Waals surface area contributed by atoms with Gasteiger partial charge in [0.25, 0.3) is 0 Å². The Morgan fingerprint density at radius 2 is 2.38 bits per heavy atom. The Kier molecular flexibility index (Phi) is 2.55. The lowest BCUT2D eigenvalue weighted by Crippen LogP contribution is -1.99. The van der Waals surface area contributed by atoms with Crippen molar-refractivity contribution < 1.29 is 9.90 Å². The first kappa shape index (κ1) is 10.2. The highest BCUT2D eigenvalue weighted by Crippen LogP contribution is 2.13. The molecule has 0 aromatic carbocycles. The van der Waals surface area contributed by atoms with Crippen molar-refractivity contribution in [2.24, 2.45) is 7.05 Å². The summed E-state index contributed by atoms with van der Waals surface area (Å²) in [5.41, 5.74) is 0.957. The zero-order chi connectivity index (χ0) is 11.5. The number of hydrogen-bond donors (Lipinski definition) is 2. The average molecular weight is 218 g/mol. The molecule has 0 saturated heterocycles. The summed E-state index contributed by atoms with van der Waals surface area (Å²) in [5.74, 6) is -0.496. The van der Waals surface area contributed by atoms with Crippen molar-refractivity contribution in [2.45, 2.75) is 0 Å².